The van der Waals surface area contributed by atoms with Crippen LogP contribution < -0.4 is 9.47 Å². The zero-order valence-electron chi connectivity index (χ0n) is 8.57. The van der Waals surface area contributed by atoms with Crippen molar-refractivity contribution in [3.63, 3.8) is 0 Å². The van der Waals surface area contributed by atoms with E-state index >= 15 is 0 Å². The quantitative estimate of drug-likeness (QED) is 0.691. The normalized spacial score (nSPS) is 23.3. The fourth-order valence-electron chi connectivity index (χ4n) is 1.78. The fourth-order valence-corrected chi connectivity index (χ4v) is 1.78. The Morgan fingerprint density at radius 1 is 1.13 bits per heavy atom. The first-order chi connectivity index (χ1) is 7.42. The van der Waals surface area contributed by atoms with Gasteiger partial charge in [0.1, 0.15) is 0 Å². The van der Waals surface area contributed by atoms with Crippen LogP contribution in [0.25, 0.3) is 0 Å². The summed E-state index contributed by atoms with van der Waals surface area (Å²) >= 11 is 0. The Bertz CT molecular complexity index is 358. The van der Waals surface area contributed by atoms with Gasteiger partial charge in [0.2, 0.25) is 0 Å². The molecule has 1 aromatic rings. The molecule has 0 saturated carbocycles. The van der Waals surface area contributed by atoms with E-state index in [4.69, 9.17) is 14.2 Å². The Labute approximate surface area is 89.0 Å². The van der Waals surface area contributed by atoms with E-state index in [-0.39, 0.29) is 0 Å². The van der Waals surface area contributed by atoms with Crippen molar-refractivity contribution in [3.05, 3.63) is 23.8 Å². The molecular weight excluding hydrogens is 192 g/mol. The van der Waals surface area contributed by atoms with Gasteiger partial charge in [0.05, 0.1) is 25.9 Å². The van der Waals surface area contributed by atoms with E-state index in [0.29, 0.717) is 6.10 Å². The van der Waals surface area contributed by atoms with E-state index in [1.54, 1.807) is 0 Å². The number of hydrogen-bond acceptors (Lipinski definition) is 3. The first kappa shape index (κ1) is 9.04. The molecule has 2 heterocycles. The summed E-state index contributed by atoms with van der Waals surface area (Å²) in [4.78, 5) is 0. The van der Waals surface area contributed by atoms with Crippen molar-refractivity contribution in [2.45, 2.75) is 18.9 Å². The largest absolute Gasteiger partial charge is 0.490 e. The van der Waals surface area contributed by atoms with Gasteiger partial charge in [-0.2, -0.15) is 0 Å². The number of epoxide rings is 1. The highest BCUT2D eigenvalue weighted by atomic mass is 16.6. The van der Waals surface area contributed by atoms with Crippen molar-refractivity contribution in [2.75, 3.05) is 19.8 Å². The van der Waals surface area contributed by atoms with Gasteiger partial charge in [0.15, 0.2) is 11.5 Å². The van der Waals surface area contributed by atoms with E-state index in [1.165, 1.54) is 5.56 Å². The van der Waals surface area contributed by atoms with Crippen molar-refractivity contribution in [1.29, 1.82) is 0 Å². The second-order valence-electron chi connectivity index (χ2n) is 3.99. The summed E-state index contributed by atoms with van der Waals surface area (Å²) in [6.45, 7) is 2.39. The second-order valence-corrected chi connectivity index (χ2v) is 3.99. The maximum absolute atomic E-state index is 5.63. The predicted molar refractivity (Wildman–Crippen MR) is 55.5 cm³/mol. The van der Waals surface area contributed by atoms with E-state index in [2.05, 4.69) is 12.1 Å². The van der Waals surface area contributed by atoms with Crippen LogP contribution in [-0.2, 0) is 11.2 Å². The van der Waals surface area contributed by atoms with E-state index in [9.17, 15) is 0 Å². The highest BCUT2D eigenvalue weighted by Crippen LogP contribution is 2.31. The first-order valence-electron chi connectivity index (χ1n) is 5.42. The molecule has 1 saturated heterocycles. The molecule has 0 aromatic heterocycles. The summed E-state index contributed by atoms with van der Waals surface area (Å²) in [5.41, 5.74) is 1.27. The van der Waals surface area contributed by atoms with Crippen molar-refractivity contribution < 1.29 is 14.2 Å². The van der Waals surface area contributed by atoms with Crippen LogP contribution in [0.4, 0.5) is 0 Å². The molecule has 3 heteroatoms. The highest BCUT2D eigenvalue weighted by Gasteiger charge is 2.23. The Kier molecular flexibility index (Phi) is 2.25. The van der Waals surface area contributed by atoms with Gasteiger partial charge >= 0.3 is 0 Å². The molecule has 0 radical (unpaired) electrons. The summed E-state index contributed by atoms with van der Waals surface area (Å²) < 4.78 is 16.4. The molecule has 0 aliphatic carbocycles. The van der Waals surface area contributed by atoms with Crippen LogP contribution in [0.15, 0.2) is 18.2 Å². The lowest BCUT2D eigenvalue weighted by atomic mass is 10.1. The topological polar surface area (TPSA) is 31.0 Å². The molecule has 1 unspecified atom stereocenters. The van der Waals surface area contributed by atoms with Crippen LogP contribution in [0, 0.1) is 0 Å². The highest BCUT2D eigenvalue weighted by molar-refractivity contribution is 5.43. The molecule has 3 rings (SSSR count). The third-order valence-corrected chi connectivity index (χ3v) is 2.68. The van der Waals surface area contributed by atoms with Crippen molar-refractivity contribution in [2.24, 2.45) is 0 Å². The molecule has 0 N–H and O–H groups in total. The molecule has 0 amide bonds. The zero-order valence-corrected chi connectivity index (χ0v) is 8.57. The molecule has 2 aliphatic rings. The molecule has 0 bridgehead atoms. The summed E-state index contributed by atoms with van der Waals surface area (Å²) in [6, 6.07) is 6.16. The predicted octanol–water partition coefficient (Wildman–Crippen LogP) is 1.79. The van der Waals surface area contributed by atoms with Gasteiger partial charge in [-0.15, -0.1) is 0 Å². The van der Waals surface area contributed by atoms with Gasteiger partial charge in [-0.05, 0) is 17.7 Å². The minimum Gasteiger partial charge on any atom is -0.490 e. The van der Waals surface area contributed by atoms with E-state index in [1.807, 2.05) is 6.07 Å². The number of fused-ring (bicyclic) bond motifs is 1. The minimum atomic E-state index is 0.426. The molecular formula is C12H14O3. The van der Waals surface area contributed by atoms with Gasteiger partial charge in [-0.1, -0.05) is 6.07 Å². The minimum absolute atomic E-state index is 0.426. The lowest BCUT2D eigenvalue weighted by molar-refractivity contribution is 0.297. The van der Waals surface area contributed by atoms with Gasteiger partial charge in [-0.3, -0.25) is 0 Å². The zero-order chi connectivity index (χ0) is 10.1. The van der Waals surface area contributed by atoms with Gasteiger partial charge in [0, 0.05) is 12.8 Å². The monoisotopic (exact) mass is 206 g/mol. The average Bonchev–Trinajstić information content (AvgIpc) is 3.04. The van der Waals surface area contributed by atoms with Crippen LogP contribution in [0.2, 0.25) is 0 Å². The molecule has 3 nitrogen and oxygen atoms in total. The third-order valence-electron chi connectivity index (χ3n) is 2.68. The lowest BCUT2D eigenvalue weighted by Crippen LogP contribution is -1.97. The fraction of sp³-hybridized carbons (Fsp3) is 0.500. The van der Waals surface area contributed by atoms with Crippen molar-refractivity contribution in [3.8, 4) is 11.5 Å². The van der Waals surface area contributed by atoms with Gasteiger partial charge in [-0.25, -0.2) is 0 Å². The smallest absolute Gasteiger partial charge is 0.161 e. The Morgan fingerprint density at radius 2 is 1.93 bits per heavy atom. The molecule has 1 atom stereocenters. The average molecular weight is 206 g/mol. The molecule has 2 aliphatic heterocycles. The van der Waals surface area contributed by atoms with Crippen molar-refractivity contribution >= 4 is 0 Å². The van der Waals surface area contributed by atoms with Crippen LogP contribution in [0.1, 0.15) is 12.0 Å². The number of benzene rings is 1. The van der Waals surface area contributed by atoms with Crippen LogP contribution >= 0.6 is 0 Å². The summed E-state index contributed by atoms with van der Waals surface area (Å²) in [5.74, 6) is 1.75. The van der Waals surface area contributed by atoms with Crippen molar-refractivity contribution in [1.82, 2.24) is 0 Å². The lowest BCUT2D eigenvalue weighted by Gasteiger charge is -2.08. The van der Waals surface area contributed by atoms with Crippen LogP contribution in [0.5, 0.6) is 11.5 Å². The molecule has 15 heavy (non-hydrogen) atoms. The van der Waals surface area contributed by atoms with Gasteiger partial charge < -0.3 is 14.2 Å². The second kappa shape index (κ2) is 3.74. The molecule has 1 fully saturated rings. The standard InChI is InChI=1S/C12H14O3/c1-4-13-11-3-2-9(6-10-8-15-10)7-12(11)14-5-1/h2-3,7,10H,1,4-6,8H2. The first-order valence-corrected chi connectivity index (χ1v) is 5.42. The Hall–Kier alpha value is -1.22. The maximum Gasteiger partial charge on any atom is 0.161 e. The number of hydrogen-bond donors (Lipinski definition) is 0. The summed E-state index contributed by atoms with van der Waals surface area (Å²) in [6.07, 6.45) is 2.36. The summed E-state index contributed by atoms with van der Waals surface area (Å²) in [7, 11) is 0. The van der Waals surface area contributed by atoms with Crippen LogP contribution in [-0.4, -0.2) is 25.9 Å². The Morgan fingerprint density at radius 3 is 2.73 bits per heavy atom. The molecule has 0 spiro atoms. The maximum atomic E-state index is 5.63. The van der Waals surface area contributed by atoms with E-state index in [0.717, 1.165) is 44.2 Å². The van der Waals surface area contributed by atoms with E-state index < -0.39 is 0 Å². The van der Waals surface area contributed by atoms with Gasteiger partial charge in [0.25, 0.3) is 0 Å². The number of rotatable bonds is 2. The van der Waals surface area contributed by atoms with Crippen LogP contribution in [0.3, 0.4) is 0 Å². The molecule has 1 aromatic carbocycles. The molecule has 80 valence electrons. The summed E-state index contributed by atoms with van der Waals surface area (Å²) in [5, 5.41) is 0. The third kappa shape index (κ3) is 2.07. The SMILES string of the molecule is c1cc2c(cc1CC1CO1)OCCCO2. The number of ether oxygens (including phenoxy) is 3. The Balaban J connectivity index is 1.82.